The number of hydrogen-bond donors (Lipinski definition) is 0. The van der Waals surface area contributed by atoms with Gasteiger partial charge in [0.05, 0.1) is 0 Å². The number of benzene rings is 6. The fourth-order valence-electron chi connectivity index (χ4n) is 5.27. The molecule has 1 aliphatic heterocycles. The molecule has 6 aromatic carbocycles. The van der Waals surface area contributed by atoms with E-state index in [2.05, 4.69) is 97.1 Å². The van der Waals surface area contributed by atoms with Crippen molar-refractivity contribution in [1.82, 2.24) is 0 Å². The van der Waals surface area contributed by atoms with Gasteiger partial charge in [0.1, 0.15) is 5.75 Å². The minimum Gasteiger partial charge on any atom is -0.519 e. The first-order chi connectivity index (χ1) is 17.4. The predicted octanol–water partition coefficient (Wildman–Crippen LogP) is 7.49. The zero-order valence-corrected chi connectivity index (χ0v) is 19.0. The maximum atomic E-state index is 6.62. The van der Waals surface area contributed by atoms with Crippen molar-refractivity contribution < 1.29 is 9.31 Å². The Bertz CT molecular complexity index is 1640. The molecule has 6 aromatic rings. The zero-order chi connectivity index (χ0) is 23.2. The molecule has 0 saturated heterocycles. The topological polar surface area (TPSA) is 18.5 Å². The maximum Gasteiger partial charge on any atom is 0.634 e. The van der Waals surface area contributed by atoms with E-state index in [9.17, 15) is 0 Å². The highest BCUT2D eigenvalue weighted by molar-refractivity contribution is 6.70. The van der Waals surface area contributed by atoms with Crippen LogP contribution in [0.4, 0.5) is 0 Å². The fourth-order valence-corrected chi connectivity index (χ4v) is 5.27. The largest absolute Gasteiger partial charge is 0.634 e. The minimum atomic E-state index is -0.533. The van der Waals surface area contributed by atoms with Crippen LogP contribution >= 0.6 is 0 Å². The van der Waals surface area contributed by atoms with Crippen LogP contribution in [0.25, 0.3) is 43.8 Å². The van der Waals surface area contributed by atoms with E-state index >= 15 is 0 Å². The normalized spacial score (nSPS) is 12.4. The molecule has 0 bridgehead atoms. The smallest absolute Gasteiger partial charge is 0.519 e. The molecule has 0 spiro atoms. The van der Waals surface area contributed by atoms with E-state index in [0.29, 0.717) is 0 Å². The molecule has 0 aromatic heterocycles. The van der Waals surface area contributed by atoms with Crippen LogP contribution in [-0.2, 0) is 0 Å². The van der Waals surface area contributed by atoms with Crippen molar-refractivity contribution in [2.75, 3.05) is 0 Å². The van der Waals surface area contributed by atoms with Gasteiger partial charge in [0.15, 0.2) is 5.75 Å². The molecule has 0 N–H and O–H groups in total. The monoisotopic (exact) mass is 448 g/mol. The number of rotatable bonds is 3. The highest BCUT2D eigenvalue weighted by Gasteiger charge is 2.38. The van der Waals surface area contributed by atoms with Crippen LogP contribution < -0.4 is 14.8 Å². The quantitative estimate of drug-likeness (QED) is 0.206. The summed E-state index contributed by atoms with van der Waals surface area (Å²) in [5.74, 6) is 1.57. The van der Waals surface area contributed by atoms with Crippen LogP contribution in [0.2, 0.25) is 0 Å². The molecule has 0 atom stereocenters. The van der Waals surface area contributed by atoms with Crippen molar-refractivity contribution in [3.05, 3.63) is 127 Å². The summed E-state index contributed by atoms with van der Waals surface area (Å²) in [5, 5.41) is 4.67. The Labute approximate surface area is 204 Å². The van der Waals surface area contributed by atoms with E-state index in [-0.39, 0.29) is 0 Å². The van der Waals surface area contributed by atoms with Crippen molar-refractivity contribution in [3.8, 4) is 33.8 Å². The minimum absolute atomic E-state index is 0.533. The summed E-state index contributed by atoms with van der Waals surface area (Å²) in [6.07, 6.45) is 0. The molecule has 0 fully saturated rings. The van der Waals surface area contributed by atoms with Crippen LogP contribution in [0.15, 0.2) is 127 Å². The summed E-state index contributed by atoms with van der Waals surface area (Å²) in [4.78, 5) is 0. The Kier molecular flexibility index (Phi) is 4.59. The van der Waals surface area contributed by atoms with Gasteiger partial charge in [-0.2, -0.15) is 0 Å². The summed E-state index contributed by atoms with van der Waals surface area (Å²) in [5.41, 5.74) is 5.66. The third kappa shape index (κ3) is 3.20. The predicted molar refractivity (Wildman–Crippen MR) is 145 cm³/mol. The molecule has 1 heterocycles. The van der Waals surface area contributed by atoms with Crippen molar-refractivity contribution >= 4 is 34.1 Å². The average Bonchev–Trinajstić information content (AvgIpc) is 3.36. The molecule has 1 aliphatic rings. The lowest BCUT2D eigenvalue weighted by molar-refractivity contribution is 0.520. The molecule has 0 radical (unpaired) electrons. The zero-order valence-electron chi connectivity index (χ0n) is 19.0. The van der Waals surface area contributed by atoms with E-state index in [4.69, 9.17) is 9.31 Å². The molecule has 0 amide bonds. The Morgan fingerprint density at radius 2 is 0.971 bits per heavy atom. The van der Waals surface area contributed by atoms with Crippen molar-refractivity contribution in [2.45, 2.75) is 0 Å². The first-order valence-electron chi connectivity index (χ1n) is 11.9. The van der Waals surface area contributed by atoms with Gasteiger partial charge in [0, 0.05) is 11.0 Å². The van der Waals surface area contributed by atoms with Gasteiger partial charge in [-0.15, -0.1) is 0 Å². The fraction of sp³-hybridized carbons (Fsp3) is 0. The van der Waals surface area contributed by atoms with Gasteiger partial charge in [-0.05, 0) is 44.3 Å². The van der Waals surface area contributed by atoms with Gasteiger partial charge in [-0.3, -0.25) is 0 Å². The Hall–Kier alpha value is -4.50. The lowest BCUT2D eigenvalue weighted by Gasteiger charge is -2.18. The Balaban J connectivity index is 1.46. The van der Waals surface area contributed by atoms with Crippen molar-refractivity contribution in [3.63, 3.8) is 0 Å². The lowest BCUT2D eigenvalue weighted by atomic mass is 9.71. The highest BCUT2D eigenvalue weighted by atomic mass is 16.6. The Morgan fingerprint density at radius 3 is 1.60 bits per heavy atom. The third-order valence-electron chi connectivity index (χ3n) is 6.79. The maximum absolute atomic E-state index is 6.62. The van der Waals surface area contributed by atoms with Gasteiger partial charge in [-0.1, -0.05) is 121 Å². The van der Waals surface area contributed by atoms with Gasteiger partial charge in [0.25, 0.3) is 0 Å². The Morgan fingerprint density at radius 1 is 0.429 bits per heavy atom. The number of fused-ring (bicyclic) bond motifs is 3. The number of para-hydroxylation sites is 1. The molecule has 3 heteroatoms. The van der Waals surface area contributed by atoms with E-state index in [1.165, 1.54) is 21.9 Å². The van der Waals surface area contributed by atoms with E-state index < -0.39 is 7.12 Å². The van der Waals surface area contributed by atoms with Crippen LogP contribution in [0.1, 0.15) is 0 Å². The van der Waals surface area contributed by atoms with Gasteiger partial charge >= 0.3 is 7.12 Å². The second-order valence-electron chi connectivity index (χ2n) is 8.81. The van der Waals surface area contributed by atoms with Gasteiger partial charge in [0.2, 0.25) is 0 Å². The summed E-state index contributed by atoms with van der Waals surface area (Å²) in [7, 11) is -0.533. The van der Waals surface area contributed by atoms with Crippen molar-refractivity contribution in [1.29, 1.82) is 0 Å². The van der Waals surface area contributed by atoms with Crippen molar-refractivity contribution in [2.24, 2.45) is 0 Å². The third-order valence-corrected chi connectivity index (χ3v) is 6.79. The van der Waals surface area contributed by atoms with Crippen LogP contribution in [0.3, 0.4) is 0 Å². The molecular weight excluding hydrogens is 427 g/mol. The second kappa shape index (κ2) is 8.07. The summed E-state index contributed by atoms with van der Waals surface area (Å²) >= 11 is 0. The molecular formula is C32H21BO2. The van der Waals surface area contributed by atoms with Crippen LogP contribution in [0, 0.1) is 0 Å². The highest BCUT2D eigenvalue weighted by Crippen LogP contribution is 2.43. The van der Waals surface area contributed by atoms with Crippen LogP contribution in [-0.4, -0.2) is 7.12 Å². The number of hydrogen-bond acceptors (Lipinski definition) is 2. The molecule has 35 heavy (non-hydrogen) atoms. The molecule has 7 rings (SSSR count). The summed E-state index contributed by atoms with van der Waals surface area (Å²) in [6.45, 7) is 0. The standard InChI is InChI=1S/C32H21BO2/c1-3-12-22(13-4-1)24-20-11-21-29-32(24)35-33(34-29)31-27-18-9-7-16-25(27)30(23-14-5-2-6-15-23)26-17-8-10-19-28(26)31/h1-21H. The van der Waals surface area contributed by atoms with Gasteiger partial charge < -0.3 is 9.31 Å². The van der Waals surface area contributed by atoms with Gasteiger partial charge in [-0.25, -0.2) is 0 Å². The van der Waals surface area contributed by atoms with E-state index in [0.717, 1.165) is 38.9 Å². The summed E-state index contributed by atoms with van der Waals surface area (Å²) in [6, 6.07) is 44.2. The lowest BCUT2D eigenvalue weighted by Crippen LogP contribution is -2.40. The van der Waals surface area contributed by atoms with Crippen LogP contribution in [0.5, 0.6) is 11.5 Å². The molecule has 0 aliphatic carbocycles. The SMILES string of the molecule is c1ccc(-c2cccc3c2OB(c2c4ccccc4c(-c4ccccc4)c4ccccc24)O3)cc1. The second-order valence-corrected chi connectivity index (χ2v) is 8.81. The molecule has 0 unspecified atom stereocenters. The summed E-state index contributed by atoms with van der Waals surface area (Å²) < 4.78 is 13.1. The van der Waals surface area contributed by atoms with E-state index in [1.54, 1.807) is 0 Å². The molecule has 2 nitrogen and oxygen atoms in total. The molecule has 0 saturated carbocycles. The average molecular weight is 448 g/mol. The first kappa shape index (κ1) is 19.9. The molecule has 164 valence electrons. The first-order valence-corrected chi connectivity index (χ1v) is 11.9. The van der Waals surface area contributed by atoms with E-state index in [1.807, 2.05) is 30.3 Å².